The fraction of sp³-hybridized carbons (Fsp3) is 0.615. The SMILES string of the molecule is COc1cc(C(=O)C2CCCC(S(C)(=O)=O)C2)ncn1. The maximum Gasteiger partial charge on any atom is 0.216 e. The van der Waals surface area contributed by atoms with Crippen molar-refractivity contribution < 1.29 is 17.9 Å². The molecule has 0 radical (unpaired) electrons. The third kappa shape index (κ3) is 3.33. The Hall–Kier alpha value is -1.50. The molecular weight excluding hydrogens is 280 g/mol. The van der Waals surface area contributed by atoms with Crippen molar-refractivity contribution in [1.82, 2.24) is 9.97 Å². The van der Waals surface area contributed by atoms with Gasteiger partial charge in [0.25, 0.3) is 0 Å². The van der Waals surface area contributed by atoms with Gasteiger partial charge in [0.1, 0.15) is 21.9 Å². The maximum absolute atomic E-state index is 12.4. The van der Waals surface area contributed by atoms with Crippen molar-refractivity contribution >= 4 is 15.6 Å². The summed E-state index contributed by atoms with van der Waals surface area (Å²) in [5.41, 5.74) is 0.288. The standard InChI is InChI=1S/C13H18N2O4S/c1-19-12-7-11(14-8-15-12)13(16)9-4-3-5-10(6-9)20(2,17)18/h7-10H,3-6H2,1-2H3. The smallest absolute Gasteiger partial charge is 0.216 e. The summed E-state index contributed by atoms with van der Waals surface area (Å²) in [6.45, 7) is 0. The first-order valence-electron chi connectivity index (χ1n) is 6.51. The molecule has 1 aromatic heterocycles. The van der Waals surface area contributed by atoms with Gasteiger partial charge in [0.15, 0.2) is 5.78 Å². The number of aromatic nitrogens is 2. The van der Waals surface area contributed by atoms with Crippen LogP contribution in [0.1, 0.15) is 36.2 Å². The molecule has 0 bridgehead atoms. The molecule has 0 spiro atoms. The summed E-state index contributed by atoms with van der Waals surface area (Å²) in [4.78, 5) is 20.2. The van der Waals surface area contributed by atoms with Crippen molar-refractivity contribution in [1.29, 1.82) is 0 Å². The molecule has 0 amide bonds. The molecule has 1 aromatic rings. The average Bonchev–Trinajstić information content (AvgIpc) is 2.46. The van der Waals surface area contributed by atoms with Crippen LogP contribution in [-0.2, 0) is 9.84 Å². The lowest BCUT2D eigenvalue weighted by atomic mass is 9.85. The first kappa shape index (κ1) is 14.9. The van der Waals surface area contributed by atoms with E-state index in [0.29, 0.717) is 25.1 Å². The van der Waals surface area contributed by atoms with E-state index >= 15 is 0 Å². The van der Waals surface area contributed by atoms with Crippen LogP contribution < -0.4 is 4.74 Å². The number of ketones is 1. The van der Waals surface area contributed by atoms with Crippen molar-refractivity contribution in [2.75, 3.05) is 13.4 Å². The Morgan fingerprint density at radius 3 is 2.75 bits per heavy atom. The van der Waals surface area contributed by atoms with Gasteiger partial charge in [-0.2, -0.15) is 0 Å². The summed E-state index contributed by atoms with van der Waals surface area (Å²) >= 11 is 0. The largest absolute Gasteiger partial charge is 0.481 e. The minimum absolute atomic E-state index is 0.126. The molecule has 0 aromatic carbocycles. The summed E-state index contributed by atoms with van der Waals surface area (Å²) in [6, 6.07) is 1.49. The number of rotatable bonds is 4. The van der Waals surface area contributed by atoms with Crippen LogP contribution >= 0.6 is 0 Å². The summed E-state index contributed by atoms with van der Waals surface area (Å²) in [7, 11) is -1.63. The third-order valence-corrected chi connectivity index (χ3v) is 5.35. The fourth-order valence-electron chi connectivity index (χ4n) is 2.57. The van der Waals surface area contributed by atoms with Gasteiger partial charge in [-0.25, -0.2) is 18.4 Å². The quantitative estimate of drug-likeness (QED) is 0.778. The second kappa shape index (κ2) is 5.87. The zero-order valence-electron chi connectivity index (χ0n) is 11.6. The van der Waals surface area contributed by atoms with Gasteiger partial charge in [-0.3, -0.25) is 4.79 Å². The minimum atomic E-state index is -3.10. The molecule has 1 saturated carbocycles. The Morgan fingerprint density at radius 1 is 1.35 bits per heavy atom. The number of carbonyl (C=O) groups excluding carboxylic acids is 1. The van der Waals surface area contributed by atoms with E-state index in [0.717, 1.165) is 6.42 Å². The number of ether oxygens (including phenoxy) is 1. The Bertz CT molecular complexity index is 600. The lowest BCUT2D eigenvalue weighted by Gasteiger charge is -2.26. The molecule has 1 heterocycles. The number of hydrogen-bond acceptors (Lipinski definition) is 6. The van der Waals surface area contributed by atoms with E-state index < -0.39 is 15.1 Å². The normalized spacial score (nSPS) is 23.3. The van der Waals surface area contributed by atoms with E-state index in [1.54, 1.807) is 0 Å². The molecule has 1 aliphatic carbocycles. The van der Waals surface area contributed by atoms with Crippen molar-refractivity contribution in [3.63, 3.8) is 0 Å². The van der Waals surface area contributed by atoms with E-state index in [4.69, 9.17) is 4.74 Å². The van der Waals surface area contributed by atoms with Crippen LogP contribution in [-0.4, -0.2) is 42.8 Å². The monoisotopic (exact) mass is 298 g/mol. The minimum Gasteiger partial charge on any atom is -0.481 e. The number of nitrogens with zero attached hydrogens (tertiary/aromatic N) is 2. The topological polar surface area (TPSA) is 86.2 Å². The summed E-state index contributed by atoms with van der Waals surface area (Å²) in [5, 5.41) is -0.422. The van der Waals surface area contributed by atoms with Crippen LogP contribution in [0.5, 0.6) is 5.88 Å². The highest BCUT2D eigenvalue weighted by atomic mass is 32.2. The van der Waals surface area contributed by atoms with Crippen LogP contribution in [0, 0.1) is 5.92 Å². The van der Waals surface area contributed by atoms with Crippen molar-refractivity contribution in [3.05, 3.63) is 18.1 Å². The molecule has 110 valence electrons. The molecule has 2 rings (SSSR count). The highest BCUT2D eigenvalue weighted by Crippen LogP contribution is 2.30. The van der Waals surface area contributed by atoms with Crippen LogP contribution in [0.25, 0.3) is 0 Å². The van der Waals surface area contributed by atoms with Gasteiger partial charge < -0.3 is 4.74 Å². The molecule has 2 atom stereocenters. The number of hydrogen-bond donors (Lipinski definition) is 0. The Morgan fingerprint density at radius 2 is 2.10 bits per heavy atom. The van der Waals surface area contributed by atoms with Gasteiger partial charge in [0.05, 0.1) is 12.4 Å². The highest BCUT2D eigenvalue weighted by molar-refractivity contribution is 7.91. The van der Waals surface area contributed by atoms with Gasteiger partial charge in [-0.15, -0.1) is 0 Å². The Balaban J connectivity index is 2.16. The summed E-state index contributed by atoms with van der Waals surface area (Å²) in [6.07, 6.45) is 4.98. The molecule has 0 saturated heterocycles. The van der Waals surface area contributed by atoms with Gasteiger partial charge in [0, 0.05) is 18.2 Å². The molecule has 2 unspecified atom stereocenters. The van der Waals surface area contributed by atoms with E-state index in [1.807, 2.05) is 0 Å². The average molecular weight is 298 g/mol. The zero-order valence-corrected chi connectivity index (χ0v) is 12.4. The molecule has 6 nitrogen and oxygen atoms in total. The highest BCUT2D eigenvalue weighted by Gasteiger charge is 2.33. The van der Waals surface area contributed by atoms with Crippen LogP contribution in [0.2, 0.25) is 0 Å². The third-order valence-electron chi connectivity index (χ3n) is 3.71. The van der Waals surface area contributed by atoms with Gasteiger partial charge >= 0.3 is 0 Å². The van der Waals surface area contributed by atoms with Crippen molar-refractivity contribution in [3.8, 4) is 5.88 Å². The summed E-state index contributed by atoms with van der Waals surface area (Å²) < 4.78 is 28.2. The predicted molar refractivity (Wildman–Crippen MR) is 73.5 cm³/mol. The second-order valence-electron chi connectivity index (χ2n) is 5.12. The Labute approximate surface area is 118 Å². The van der Waals surface area contributed by atoms with Crippen LogP contribution in [0.15, 0.2) is 12.4 Å². The fourth-order valence-corrected chi connectivity index (χ4v) is 3.74. The van der Waals surface area contributed by atoms with E-state index in [9.17, 15) is 13.2 Å². The lowest BCUT2D eigenvalue weighted by Crippen LogP contribution is -2.31. The molecule has 7 heteroatoms. The molecule has 1 fully saturated rings. The van der Waals surface area contributed by atoms with Crippen LogP contribution in [0.4, 0.5) is 0 Å². The molecule has 1 aliphatic rings. The van der Waals surface area contributed by atoms with E-state index in [1.165, 1.54) is 25.8 Å². The lowest BCUT2D eigenvalue weighted by molar-refractivity contribution is 0.0885. The van der Waals surface area contributed by atoms with E-state index in [2.05, 4.69) is 9.97 Å². The number of methoxy groups -OCH3 is 1. The molecule has 0 N–H and O–H groups in total. The first-order valence-corrected chi connectivity index (χ1v) is 8.46. The molecule has 0 aliphatic heterocycles. The number of sulfone groups is 1. The van der Waals surface area contributed by atoms with Crippen molar-refractivity contribution in [2.45, 2.75) is 30.9 Å². The zero-order chi connectivity index (χ0) is 14.8. The molecule has 20 heavy (non-hydrogen) atoms. The van der Waals surface area contributed by atoms with Gasteiger partial charge in [-0.1, -0.05) is 6.42 Å². The van der Waals surface area contributed by atoms with Gasteiger partial charge in [0.2, 0.25) is 5.88 Å². The van der Waals surface area contributed by atoms with Crippen LogP contribution in [0.3, 0.4) is 0 Å². The molecular formula is C13H18N2O4S. The number of carbonyl (C=O) groups is 1. The maximum atomic E-state index is 12.4. The van der Waals surface area contributed by atoms with Crippen molar-refractivity contribution in [2.24, 2.45) is 5.92 Å². The number of Topliss-reactive ketones (excluding diaryl/α,β-unsaturated/α-hetero) is 1. The van der Waals surface area contributed by atoms with E-state index in [-0.39, 0.29) is 17.4 Å². The first-order chi connectivity index (χ1) is 9.41. The second-order valence-corrected chi connectivity index (χ2v) is 7.45. The Kier molecular flexibility index (Phi) is 4.37. The van der Waals surface area contributed by atoms with Gasteiger partial charge in [-0.05, 0) is 19.3 Å². The summed E-state index contributed by atoms with van der Waals surface area (Å²) in [5.74, 6) is -0.0825. The predicted octanol–water partition coefficient (Wildman–Crippen LogP) is 1.27.